The molecule has 0 aromatic rings. The van der Waals surface area contributed by atoms with E-state index in [0.717, 1.165) is 24.9 Å². The Labute approximate surface area is 101 Å². The highest BCUT2D eigenvalue weighted by Gasteiger charge is 2.22. The van der Waals surface area contributed by atoms with Crippen LogP contribution in [0.1, 0.15) is 34.1 Å². The van der Waals surface area contributed by atoms with E-state index in [2.05, 4.69) is 44.5 Å². The van der Waals surface area contributed by atoms with Crippen LogP contribution in [0.15, 0.2) is 12.2 Å². The zero-order valence-corrected chi connectivity index (χ0v) is 11.4. The third kappa shape index (κ3) is 4.67. The molecule has 0 aromatic carbocycles. The summed E-state index contributed by atoms with van der Waals surface area (Å²) < 4.78 is 0. The molecule has 16 heavy (non-hydrogen) atoms. The van der Waals surface area contributed by atoms with Crippen LogP contribution in [0.2, 0.25) is 0 Å². The minimum absolute atomic E-state index is 0.553. The van der Waals surface area contributed by atoms with Gasteiger partial charge in [0, 0.05) is 25.7 Å². The van der Waals surface area contributed by atoms with Crippen LogP contribution in [-0.2, 0) is 0 Å². The van der Waals surface area contributed by atoms with E-state index in [1.165, 1.54) is 25.1 Å². The Balaban J connectivity index is 2.24. The minimum atomic E-state index is 0.553. The van der Waals surface area contributed by atoms with E-state index in [-0.39, 0.29) is 0 Å². The lowest BCUT2D eigenvalue weighted by Crippen LogP contribution is -2.40. The van der Waals surface area contributed by atoms with Crippen molar-refractivity contribution < 1.29 is 0 Å². The summed E-state index contributed by atoms with van der Waals surface area (Å²) in [6, 6.07) is 0.553. The van der Waals surface area contributed by atoms with Gasteiger partial charge in [0.25, 0.3) is 0 Å². The van der Waals surface area contributed by atoms with Crippen molar-refractivity contribution >= 4 is 0 Å². The van der Waals surface area contributed by atoms with E-state index >= 15 is 0 Å². The lowest BCUT2D eigenvalue weighted by molar-refractivity contribution is 0.148. The molecule has 0 aromatic heterocycles. The fourth-order valence-electron chi connectivity index (χ4n) is 2.21. The number of hydrogen-bond acceptors (Lipinski definition) is 2. The van der Waals surface area contributed by atoms with Gasteiger partial charge < -0.3 is 5.32 Å². The molecule has 0 aliphatic carbocycles. The molecule has 0 spiro atoms. The van der Waals surface area contributed by atoms with Crippen LogP contribution in [0.4, 0.5) is 0 Å². The highest BCUT2D eigenvalue weighted by atomic mass is 15.1. The topological polar surface area (TPSA) is 15.3 Å². The van der Waals surface area contributed by atoms with Crippen LogP contribution in [0.3, 0.4) is 0 Å². The first-order chi connectivity index (χ1) is 7.49. The SMILES string of the molecule is C=C(CNC(C)C)CN1CCC(C)C(C)C1. The molecule has 0 saturated carbocycles. The molecular formula is C14H28N2. The summed E-state index contributed by atoms with van der Waals surface area (Å²) in [5.74, 6) is 1.72. The molecule has 2 nitrogen and oxygen atoms in total. The maximum Gasteiger partial charge on any atom is 0.0202 e. The van der Waals surface area contributed by atoms with Crippen molar-refractivity contribution in [3.63, 3.8) is 0 Å². The number of rotatable bonds is 5. The van der Waals surface area contributed by atoms with E-state index in [1.54, 1.807) is 0 Å². The third-order valence-electron chi connectivity index (χ3n) is 3.63. The zero-order chi connectivity index (χ0) is 12.1. The highest BCUT2D eigenvalue weighted by molar-refractivity contribution is 5.00. The smallest absolute Gasteiger partial charge is 0.0202 e. The molecule has 1 N–H and O–H groups in total. The standard InChI is InChI=1S/C14H28N2/c1-11(2)15-8-12(3)9-16-7-6-13(4)14(5)10-16/h11,13-15H,3,6-10H2,1-2,4-5H3. The van der Waals surface area contributed by atoms with Gasteiger partial charge in [-0.3, -0.25) is 4.90 Å². The second kappa shape index (κ2) is 6.41. The highest BCUT2D eigenvalue weighted by Crippen LogP contribution is 2.22. The molecule has 0 bridgehead atoms. The van der Waals surface area contributed by atoms with Crippen LogP contribution >= 0.6 is 0 Å². The van der Waals surface area contributed by atoms with Crippen molar-refractivity contribution in [3.05, 3.63) is 12.2 Å². The first-order valence-corrected chi connectivity index (χ1v) is 6.61. The quantitative estimate of drug-likeness (QED) is 0.722. The Morgan fingerprint density at radius 3 is 2.62 bits per heavy atom. The largest absolute Gasteiger partial charge is 0.311 e. The third-order valence-corrected chi connectivity index (χ3v) is 3.63. The lowest BCUT2D eigenvalue weighted by Gasteiger charge is -2.35. The Morgan fingerprint density at radius 1 is 1.38 bits per heavy atom. The fourth-order valence-corrected chi connectivity index (χ4v) is 2.21. The number of likely N-dealkylation sites (tertiary alicyclic amines) is 1. The molecule has 1 rings (SSSR count). The van der Waals surface area contributed by atoms with Gasteiger partial charge in [-0.25, -0.2) is 0 Å². The summed E-state index contributed by atoms with van der Waals surface area (Å²) in [5, 5.41) is 3.43. The first-order valence-electron chi connectivity index (χ1n) is 6.61. The normalized spacial score (nSPS) is 27.3. The first kappa shape index (κ1) is 13.7. The van der Waals surface area contributed by atoms with Crippen molar-refractivity contribution in [2.24, 2.45) is 11.8 Å². The van der Waals surface area contributed by atoms with Gasteiger partial charge in [-0.15, -0.1) is 0 Å². The Morgan fingerprint density at radius 2 is 2.06 bits per heavy atom. The van der Waals surface area contributed by atoms with Gasteiger partial charge >= 0.3 is 0 Å². The average Bonchev–Trinajstić information content (AvgIpc) is 2.21. The average molecular weight is 224 g/mol. The van der Waals surface area contributed by atoms with Crippen LogP contribution in [0.25, 0.3) is 0 Å². The fraction of sp³-hybridized carbons (Fsp3) is 0.857. The Kier molecular flexibility index (Phi) is 5.50. The molecule has 1 fully saturated rings. The number of nitrogens with zero attached hydrogens (tertiary/aromatic N) is 1. The van der Waals surface area contributed by atoms with E-state index in [9.17, 15) is 0 Å². The van der Waals surface area contributed by atoms with Crippen molar-refractivity contribution in [1.29, 1.82) is 0 Å². The molecule has 1 aliphatic heterocycles. The predicted octanol–water partition coefficient (Wildman–Crippen LogP) is 2.52. The monoisotopic (exact) mass is 224 g/mol. The van der Waals surface area contributed by atoms with Gasteiger partial charge in [-0.05, 0) is 30.4 Å². The number of piperidine rings is 1. The molecule has 1 saturated heterocycles. The van der Waals surface area contributed by atoms with Crippen molar-refractivity contribution in [2.45, 2.75) is 40.2 Å². The second-order valence-electron chi connectivity index (χ2n) is 5.76. The zero-order valence-electron chi connectivity index (χ0n) is 11.4. The summed E-state index contributed by atoms with van der Waals surface area (Å²) in [6.07, 6.45) is 1.34. The summed E-state index contributed by atoms with van der Waals surface area (Å²) >= 11 is 0. The van der Waals surface area contributed by atoms with E-state index in [0.29, 0.717) is 6.04 Å². The second-order valence-corrected chi connectivity index (χ2v) is 5.76. The molecule has 0 radical (unpaired) electrons. The van der Waals surface area contributed by atoms with Crippen molar-refractivity contribution in [3.8, 4) is 0 Å². The Hall–Kier alpha value is -0.340. The molecular weight excluding hydrogens is 196 g/mol. The van der Waals surface area contributed by atoms with Gasteiger partial charge in [0.05, 0.1) is 0 Å². The Bertz CT molecular complexity index is 223. The van der Waals surface area contributed by atoms with Crippen LogP contribution < -0.4 is 5.32 Å². The number of nitrogens with one attached hydrogen (secondary N) is 1. The molecule has 1 aliphatic rings. The van der Waals surface area contributed by atoms with Crippen LogP contribution in [0.5, 0.6) is 0 Å². The summed E-state index contributed by atoms with van der Waals surface area (Å²) in [5.41, 5.74) is 1.32. The molecule has 2 unspecified atom stereocenters. The van der Waals surface area contributed by atoms with E-state index < -0.39 is 0 Å². The van der Waals surface area contributed by atoms with E-state index in [4.69, 9.17) is 0 Å². The van der Waals surface area contributed by atoms with Crippen molar-refractivity contribution in [1.82, 2.24) is 10.2 Å². The lowest BCUT2D eigenvalue weighted by atomic mass is 9.88. The van der Waals surface area contributed by atoms with Crippen molar-refractivity contribution in [2.75, 3.05) is 26.2 Å². The summed E-state index contributed by atoms with van der Waals surface area (Å²) in [6.45, 7) is 17.8. The van der Waals surface area contributed by atoms with Crippen LogP contribution in [-0.4, -0.2) is 37.1 Å². The molecule has 0 amide bonds. The van der Waals surface area contributed by atoms with Gasteiger partial charge in [0.2, 0.25) is 0 Å². The number of hydrogen-bond donors (Lipinski definition) is 1. The maximum absolute atomic E-state index is 4.16. The molecule has 2 atom stereocenters. The van der Waals surface area contributed by atoms with Crippen LogP contribution in [0, 0.1) is 11.8 Å². The van der Waals surface area contributed by atoms with Gasteiger partial charge in [-0.2, -0.15) is 0 Å². The molecule has 2 heteroatoms. The van der Waals surface area contributed by atoms with Gasteiger partial charge in [0.15, 0.2) is 0 Å². The van der Waals surface area contributed by atoms with E-state index in [1.807, 2.05) is 0 Å². The van der Waals surface area contributed by atoms with Gasteiger partial charge in [0.1, 0.15) is 0 Å². The molecule has 1 heterocycles. The van der Waals surface area contributed by atoms with Gasteiger partial charge in [-0.1, -0.05) is 34.3 Å². The predicted molar refractivity (Wildman–Crippen MR) is 71.7 cm³/mol. The summed E-state index contributed by atoms with van der Waals surface area (Å²) in [4.78, 5) is 2.55. The molecule has 94 valence electrons. The minimum Gasteiger partial charge on any atom is -0.311 e. The summed E-state index contributed by atoms with van der Waals surface area (Å²) in [7, 11) is 0. The maximum atomic E-state index is 4.16.